The van der Waals surface area contributed by atoms with Crippen LogP contribution in [0.5, 0.6) is 23.0 Å². The van der Waals surface area contributed by atoms with Gasteiger partial charge in [0.1, 0.15) is 18.1 Å². The number of ether oxygens (including phenoxy) is 4. The Bertz CT molecular complexity index is 801. The van der Waals surface area contributed by atoms with E-state index in [-0.39, 0.29) is 5.91 Å². The molecule has 0 spiro atoms. The minimum Gasteiger partial charge on any atom is -0.497 e. The first-order chi connectivity index (χ1) is 14.1. The summed E-state index contributed by atoms with van der Waals surface area (Å²) < 4.78 is 21.5. The third-order valence-electron chi connectivity index (χ3n) is 5.03. The van der Waals surface area contributed by atoms with E-state index in [2.05, 4.69) is 4.90 Å². The van der Waals surface area contributed by atoms with Gasteiger partial charge in [-0.3, -0.25) is 9.69 Å². The molecule has 0 radical (unpaired) electrons. The van der Waals surface area contributed by atoms with Crippen LogP contribution in [-0.4, -0.2) is 76.4 Å². The second kappa shape index (κ2) is 10.0. The maximum absolute atomic E-state index is 12.6. The van der Waals surface area contributed by atoms with Crippen LogP contribution >= 0.6 is 0 Å². The van der Waals surface area contributed by atoms with E-state index in [9.17, 15) is 4.79 Å². The van der Waals surface area contributed by atoms with Crippen molar-refractivity contribution in [2.45, 2.75) is 0 Å². The molecule has 2 aromatic carbocycles. The second-order valence-corrected chi connectivity index (χ2v) is 6.73. The zero-order valence-corrected chi connectivity index (χ0v) is 17.2. The summed E-state index contributed by atoms with van der Waals surface area (Å²) in [6.45, 7) is 4.46. The molecule has 0 unspecified atom stereocenters. The fourth-order valence-corrected chi connectivity index (χ4v) is 3.29. The van der Waals surface area contributed by atoms with Crippen molar-refractivity contribution in [2.24, 2.45) is 0 Å². The van der Waals surface area contributed by atoms with Gasteiger partial charge in [0.05, 0.1) is 21.3 Å². The fourth-order valence-electron chi connectivity index (χ4n) is 3.29. The summed E-state index contributed by atoms with van der Waals surface area (Å²) in [6, 6.07) is 12.8. The number of hydrogen-bond acceptors (Lipinski definition) is 6. The summed E-state index contributed by atoms with van der Waals surface area (Å²) in [6.07, 6.45) is 0. The van der Waals surface area contributed by atoms with Gasteiger partial charge in [-0.15, -0.1) is 0 Å². The van der Waals surface area contributed by atoms with E-state index in [1.54, 1.807) is 21.3 Å². The Labute approximate surface area is 171 Å². The van der Waals surface area contributed by atoms with E-state index in [4.69, 9.17) is 18.9 Å². The Morgan fingerprint density at radius 3 is 2.10 bits per heavy atom. The molecule has 0 N–H and O–H groups in total. The van der Waals surface area contributed by atoms with Gasteiger partial charge >= 0.3 is 0 Å². The van der Waals surface area contributed by atoms with Gasteiger partial charge in [0, 0.05) is 44.4 Å². The topological polar surface area (TPSA) is 60.5 Å². The van der Waals surface area contributed by atoms with E-state index >= 15 is 0 Å². The molecule has 7 heteroatoms. The first kappa shape index (κ1) is 20.8. The van der Waals surface area contributed by atoms with Gasteiger partial charge in [0.2, 0.25) is 0 Å². The van der Waals surface area contributed by atoms with Crippen LogP contribution in [0.1, 0.15) is 10.4 Å². The number of piperazine rings is 1. The zero-order valence-electron chi connectivity index (χ0n) is 17.2. The molecule has 156 valence electrons. The summed E-state index contributed by atoms with van der Waals surface area (Å²) in [5, 5.41) is 0. The van der Waals surface area contributed by atoms with Crippen molar-refractivity contribution in [1.29, 1.82) is 0 Å². The molecule has 0 saturated carbocycles. The average Bonchev–Trinajstić information content (AvgIpc) is 2.79. The van der Waals surface area contributed by atoms with Crippen LogP contribution in [0, 0.1) is 0 Å². The predicted molar refractivity (Wildman–Crippen MR) is 110 cm³/mol. The van der Waals surface area contributed by atoms with Crippen LogP contribution in [0.3, 0.4) is 0 Å². The largest absolute Gasteiger partial charge is 0.497 e. The average molecular weight is 400 g/mol. The maximum atomic E-state index is 12.6. The third-order valence-corrected chi connectivity index (χ3v) is 5.03. The van der Waals surface area contributed by atoms with Crippen LogP contribution in [0.2, 0.25) is 0 Å². The molecule has 1 aliphatic rings. The van der Waals surface area contributed by atoms with E-state index in [0.717, 1.165) is 31.1 Å². The summed E-state index contributed by atoms with van der Waals surface area (Å²) in [7, 11) is 4.83. The molecular weight excluding hydrogens is 372 g/mol. The molecule has 1 amide bonds. The Morgan fingerprint density at radius 1 is 0.828 bits per heavy atom. The highest BCUT2D eigenvalue weighted by molar-refractivity contribution is 5.94. The molecule has 3 rings (SSSR count). The molecule has 0 bridgehead atoms. The normalized spacial score (nSPS) is 14.4. The lowest BCUT2D eigenvalue weighted by molar-refractivity contribution is 0.0620. The summed E-state index contributed by atoms with van der Waals surface area (Å²) >= 11 is 0. The number of benzene rings is 2. The molecule has 0 aliphatic carbocycles. The van der Waals surface area contributed by atoms with E-state index in [0.29, 0.717) is 36.8 Å². The van der Waals surface area contributed by atoms with Gasteiger partial charge in [-0.1, -0.05) is 0 Å². The van der Waals surface area contributed by atoms with Crippen LogP contribution < -0.4 is 18.9 Å². The van der Waals surface area contributed by atoms with Gasteiger partial charge in [-0.25, -0.2) is 0 Å². The number of methoxy groups -OCH3 is 3. The highest BCUT2D eigenvalue weighted by atomic mass is 16.5. The number of rotatable bonds is 8. The standard InChI is InChI=1S/C22H28N2O5/c1-26-18-6-4-17(5-7-18)22(25)24-12-10-23(11-13-24)14-15-29-19-8-9-20(27-2)21(16-19)28-3/h4-9,16H,10-15H2,1-3H3. The second-order valence-electron chi connectivity index (χ2n) is 6.73. The van der Waals surface area contributed by atoms with Crippen molar-refractivity contribution in [3.63, 3.8) is 0 Å². The monoisotopic (exact) mass is 400 g/mol. The van der Waals surface area contributed by atoms with Crippen LogP contribution in [-0.2, 0) is 0 Å². The van der Waals surface area contributed by atoms with Gasteiger partial charge < -0.3 is 23.8 Å². The van der Waals surface area contributed by atoms with E-state index in [1.807, 2.05) is 47.4 Å². The third kappa shape index (κ3) is 5.32. The van der Waals surface area contributed by atoms with Crippen molar-refractivity contribution in [3.05, 3.63) is 48.0 Å². The van der Waals surface area contributed by atoms with Crippen LogP contribution in [0.4, 0.5) is 0 Å². The molecule has 29 heavy (non-hydrogen) atoms. The number of nitrogens with zero attached hydrogens (tertiary/aromatic N) is 2. The highest BCUT2D eigenvalue weighted by Gasteiger charge is 2.22. The molecule has 1 aliphatic heterocycles. The lowest BCUT2D eigenvalue weighted by Gasteiger charge is -2.34. The molecule has 1 heterocycles. The van der Waals surface area contributed by atoms with E-state index < -0.39 is 0 Å². The zero-order chi connectivity index (χ0) is 20.6. The minimum absolute atomic E-state index is 0.0638. The van der Waals surface area contributed by atoms with Gasteiger partial charge in [0.25, 0.3) is 5.91 Å². The summed E-state index contributed by atoms with van der Waals surface area (Å²) in [5.74, 6) is 2.89. The van der Waals surface area contributed by atoms with Gasteiger partial charge in [-0.05, 0) is 36.4 Å². The van der Waals surface area contributed by atoms with Crippen LogP contribution in [0.15, 0.2) is 42.5 Å². The van der Waals surface area contributed by atoms with Gasteiger partial charge in [0.15, 0.2) is 11.5 Å². The van der Waals surface area contributed by atoms with Crippen molar-refractivity contribution in [1.82, 2.24) is 9.80 Å². The Balaban J connectivity index is 1.43. The van der Waals surface area contributed by atoms with E-state index in [1.165, 1.54) is 0 Å². The maximum Gasteiger partial charge on any atom is 0.253 e. The number of amides is 1. The lowest BCUT2D eigenvalue weighted by atomic mass is 10.1. The molecule has 0 atom stereocenters. The van der Waals surface area contributed by atoms with Crippen molar-refractivity contribution in [3.8, 4) is 23.0 Å². The lowest BCUT2D eigenvalue weighted by Crippen LogP contribution is -2.49. The molecule has 7 nitrogen and oxygen atoms in total. The number of carbonyl (C=O) groups is 1. The van der Waals surface area contributed by atoms with Crippen LogP contribution in [0.25, 0.3) is 0 Å². The number of hydrogen-bond donors (Lipinski definition) is 0. The molecule has 1 fully saturated rings. The Kier molecular flexibility index (Phi) is 7.19. The predicted octanol–water partition coefficient (Wildman–Crippen LogP) is 2.55. The molecule has 2 aromatic rings. The number of carbonyl (C=O) groups excluding carboxylic acids is 1. The SMILES string of the molecule is COc1ccc(C(=O)N2CCN(CCOc3ccc(OC)c(OC)c3)CC2)cc1. The highest BCUT2D eigenvalue weighted by Crippen LogP contribution is 2.30. The Morgan fingerprint density at radius 2 is 1.48 bits per heavy atom. The molecule has 1 saturated heterocycles. The first-order valence-electron chi connectivity index (χ1n) is 9.65. The summed E-state index contributed by atoms with van der Waals surface area (Å²) in [4.78, 5) is 16.8. The fraction of sp³-hybridized carbons (Fsp3) is 0.409. The quantitative estimate of drug-likeness (QED) is 0.679. The van der Waals surface area contributed by atoms with Gasteiger partial charge in [-0.2, -0.15) is 0 Å². The van der Waals surface area contributed by atoms with Crippen molar-refractivity contribution < 1.29 is 23.7 Å². The summed E-state index contributed by atoms with van der Waals surface area (Å²) in [5.41, 5.74) is 0.691. The first-order valence-corrected chi connectivity index (χ1v) is 9.65. The minimum atomic E-state index is 0.0638. The molecular formula is C22H28N2O5. The molecule has 0 aromatic heterocycles. The van der Waals surface area contributed by atoms with Crippen molar-refractivity contribution in [2.75, 3.05) is 60.7 Å². The smallest absolute Gasteiger partial charge is 0.253 e. The Hall–Kier alpha value is -2.93. The van der Waals surface area contributed by atoms with Crippen molar-refractivity contribution >= 4 is 5.91 Å².